The normalized spacial score (nSPS) is 10.2. The predicted molar refractivity (Wildman–Crippen MR) is 93.3 cm³/mol. The first-order chi connectivity index (χ1) is 11.4. The molecule has 0 saturated carbocycles. The number of nitrogens with zero attached hydrogens (tertiary/aromatic N) is 2. The number of ether oxygens (including phenoxy) is 2. The second-order valence-corrected chi connectivity index (χ2v) is 5.35. The summed E-state index contributed by atoms with van der Waals surface area (Å²) < 4.78 is 10.5. The number of carbonyl (C=O) groups excluding carboxylic acids is 1. The van der Waals surface area contributed by atoms with Crippen molar-refractivity contribution >= 4 is 29.0 Å². The number of aromatic nitrogens is 2. The molecule has 7 nitrogen and oxygen atoms in total. The van der Waals surface area contributed by atoms with E-state index in [9.17, 15) is 4.79 Å². The van der Waals surface area contributed by atoms with Gasteiger partial charge >= 0.3 is 12.0 Å². The maximum absolute atomic E-state index is 12.3. The van der Waals surface area contributed by atoms with Crippen LogP contribution in [0.4, 0.5) is 16.2 Å². The summed E-state index contributed by atoms with van der Waals surface area (Å²) in [5, 5.41) is 5.93. The topological polar surface area (TPSA) is 85.4 Å². The highest BCUT2D eigenvalue weighted by Crippen LogP contribution is 2.28. The molecule has 0 radical (unpaired) electrons. The molecule has 128 valence electrons. The van der Waals surface area contributed by atoms with Gasteiger partial charge in [-0.25, -0.2) is 4.79 Å². The molecule has 1 aromatic carbocycles. The third-order valence-corrected chi connectivity index (χ3v) is 3.41. The van der Waals surface area contributed by atoms with E-state index < -0.39 is 6.03 Å². The molecule has 0 aliphatic heterocycles. The lowest BCUT2D eigenvalue weighted by Gasteiger charge is -2.14. The van der Waals surface area contributed by atoms with Crippen LogP contribution in [-0.2, 0) is 0 Å². The van der Waals surface area contributed by atoms with Gasteiger partial charge in [-0.2, -0.15) is 9.97 Å². The van der Waals surface area contributed by atoms with Crippen LogP contribution >= 0.6 is 11.6 Å². The van der Waals surface area contributed by atoms with Crippen LogP contribution in [0, 0.1) is 13.8 Å². The summed E-state index contributed by atoms with van der Waals surface area (Å²) in [6, 6.07) is 4.80. The fourth-order valence-electron chi connectivity index (χ4n) is 2.11. The number of urea groups is 1. The summed E-state index contributed by atoms with van der Waals surface area (Å²) in [7, 11) is 1.51. The first-order valence-electron chi connectivity index (χ1n) is 7.34. The molecule has 2 N–H and O–H groups in total. The van der Waals surface area contributed by atoms with E-state index in [0.29, 0.717) is 40.1 Å². The number of halogens is 1. The average Bonchev–Trinajstić information content (AvgIpc) is 2.51. The molecule has 2 aromatic rings. The third kappa shape index (κ3) is 4.26. The number of hydrogen-bond acceptors (Lipinski definition) is 5. The number of hydrogen-bond donors (Lipinski definition) is 2. The summed E-state index contributed by atoms with van der Waals surface area (Å²) in [5.74, 6) is 0.505. The van der Waals surface area contributed by atoms with Gasteiger partial charge in [-0.3, -0.25) is 0 Å². The minimum atomic E-state index is -0.450. The lowest BCUT2D eigenvalue weighted by Crippen LogP contribution is -2.21. The lowest BCUT2D eigenvalue weighted by molar-refractivity contribution is 0.262. The Balaban J connectivity index is 2.17. The monoisotopic (exact) mass is 350 g/mol. The second kappa shape index (κ2) is 7.83. The van der Waals surface area contributed by atoms with Gasteiger partial charge in [0.15, 0.2) is 0 Å². The number of nitrogens with one attached hydrogen (secondary N) is 2. The molecule has 0 aliphatic carbocycles. The highest BCUT2D eigenvalue weighted by molar-refractivity contribution is 6.31. The molecular formula is C16H19ClN4O3. The number of methoxy groups -OCH3 is 1. The Labute approximate surface area is 145 Å². The largest absolute Gasteiger partial charge is 0.495 e. The first-order valence-corrected chi connectivity index (χ1v) is 7.72. The lowest BCUT2D eigenvalue weighted by atomic mass is 10.3. The van der Waals surface area contributed by atoms with Crippen molar-refractivity contribution in [2.45, 2.75) is 20.8 Å². The molecule has 0 unspecified atom stereocenters. The quantitative estimate of drug-likeness (QED) is 0.856. The van der Waals surface area contributed by atoms with Crippen LogP contribution in [0.1, 0.15) is 18.3 Å². The summed E-state index contributed by atoms with van der Waals surface area (Å²) in [6.07, 6.45) is 0. The smallest absolute Gasteiger partial charge is 0.323 e. The van der Waals surface area contributed by atoms with Crippen LogP contribution in [0.5, 0.6) is 11.8 Å². The van der Waals surface area contributed by atoms with E-state index in [1.165, 1.54) is 7.11 Å². The Morgan fingerprint density at radius 3 is 2.46 bits per heavy atom. The standard InChI is InChI=1S/C16H19ClN4O3/c1-5-24-16-18-9(2)14(10(3)19-16)21-15(22)20-12-8-11(17)6-7-13(12)23-4/h6-8H,5H2,1-4H3,(H2,20,21,22). The molecule has 0 spiro atoms. The van der Waals surface area contributed by atoms with Gasteiger partial charge < -0.3 is 20.1 Å². The van der Waals surface area contributed by atoms with Crippen molar-refractivity contribution in [2.75, 3.05) is 24.4 Å². The van der Waals surface area contributed by atoms with E-state index >= 15 is 0 Å². The van der Waals surface area contributed by atoms with Crippen molar-refractivity contribution in [3.8, 4) is 11.8 Å². The zero-order valence-electron chi connectivity index (χ0n) is 13.9. The fraction of sp³-hybridized carbons (Fsp3) is 0.312. The zero-order valence-corrected chi connectivity index (χ0v) is 14.7. The van der Waals surface area contributed by atoms with Gasteiger partial charge in [-0.1, -0.05) is 11.6 Å². The Morgan fingerprint density at radius 2 is 1.88 bits per heavy atom. The molecule has 2 amide bonds. The van der Waals surface area contributed by atoms with E-state index in [0.717, 1.165) is 0 Å². The molecule has 0 saturated heterocycles. The highest BCUT2D eigenvalue weighted by atomic mass is 35.5. The van der Waals surface area contributed by atoms with Gasteiger partial charge in [0.2, 0.25) is 0 Å². The van der Waals surface area contributed by atoms with Crippen LogP contribution in [0.3, 0.4) is 0 Å². The van der Waals surface area contributed by atoms with E-state index in [2.05, 4.69) is 20.6 Å². The van der Waals surface area contributed by atoms with Gasteiger partial charge in [-0.05, 0) is 39.0 Å². The number of amides is 2. The molecule has 1 aromatic heterocycles. The molecule has 0 aliphatic rings. The van der Waals surface area contributed by atoms with Gasteiger partial charge in [0.05, 0.1) is 36.5 Å². The van der Waals surface area contributed by atoms with Crippen LogP contribution in [-0.4, -0.2) is 29.7 Å². The Bertz CT molecular complexity index is 729. The van der Waals surface area contributed by atoms with Crippen LogP contribution in [0.15, 0.2) is 18.2 Å². The van der Waals surface area contributed by atoms with E-state index in [-0.39, 0.29) is 6.01 Å². The highest BCUT2D eigenvalue weighted by Gasteiger charge is 2.14. The summed E-state index contributed by atoms with van der Waals surface area (Å²) in [5.41, 5.74) is 2.21. The maximum Gasteiger partial charge on any atom is 0.323 e. The molecule has 0 bridgehead atoms. The van der Waals surface area contributed by atoms with E-state index in [1.807, 2.05) is 6.92 Å². The number of anilines is 2. The Morgan fingerprint density at radius 1 is 1.21 bits per heavy atom. The summed E-state index contributed by atoms with van der Waals surface area (Å²) in [4.78, 5) is 20.7. The van der Waals surface area contributed by atoms with Crippen LogP contribution in [0.25, 0.3) is 0 Å². The van der Waals surface area contributed by atoms with Crippen molar-refractivity contribution in [2.24, 2.45) is 0 Å². The van der Waals surface area contributed by atoms with Crippen LogP contribution < -0.4 is 20.1 Å². The number of benzene rings is 1. The minimum absolute atomic E-state index is 0.287. The molecule has 2 rings (SSSR count). The van der Waals surface area contributed by atoms with Crippen molar-refractivity contribution in [3.63, 3.8) is 0 Å². The molecule has 8 heteroatoms. The van der Waals surface area contributed by atoms with Crippen molar-refractivity contribution in [3.05, 3.63) is 34.6 Å². The van der Waals surface area contributed by atoms with E-state index in [4.69, 9.17) is 21.1 Å². The maximum atomic E-state index is 12.3. The average molecular weight is 351 g/mol. The molecule has 0 atom stereocenters. The molecule has 0 fully saturated rings. The van der Waals surface area contributed by atoms with Crippen molar-refractivity contribution < 1.29 is 14.3 Å². The van der Waals surface area contributed by atoms with Crippen LogP contribution in [0.2, 0.25) is 5.02 Å². The third-order valence-electron chi connectivity index (χ3n) is 3.17. The van der Waals surface area contributed by atoms with Gasteiger partial charge in [0, 0.05) is 5.02 Å². The number of carbonyl (C=O) groups is 1. The molecular weight excluding hydrogens is 332 g/mol. The summed E-state index contributed by atoms with van der Waals surface area (Å²) in [6.45, 7) is 5.87. The number of aryl methyl sites for hydroxylation is 2. The second-order valence-electron chi connectivity index (χ2n) is 4.91. The molecule has 1 heterocycles. The SMILES string of the molecule is CCOc1nc(C)c(NC(=O)Nc2cc(Cl)ccc2OC)c(C)n1. The van der Waals surface area contributed by atoms with Crippen molar-refractivity contribution in [1.29, 1.82) is 0 Å². The van der Waals surface area contributed by atoms with Gasteiger partial charge in [0.1, 0.15) is 5.75 Å². The zero-order chi connectivity index (χ0) is 17.7. The van der Waals surface area contributed by atoms with Crippen molar-refractivity contribution in [1.82, 2.24) is 9.97 Å². The van der Waals surface area contributed by atoms with E-state index in [1.54, 1.807) is 32.0 Å². The number of rotatable bonds is 5. The predicted octanol–water partition coefficient (Wildman–Crippen LogP) is 3.80. The minimum Gasteiger partial charge on any atom is -0.495 e. The summed E-state index contributed by atoms with van der Waals surface area (Å²) >= 11 is 5.95. The molecule has 24 heavy (non-hydrogen) atoms. The van der Waals surface area contributed by atoms with Gasteiger partial charge in [0.25, 0.3) is 0 Å². The Kier molecular flexibility index (Phi) is 5.81. The van der Waals surface area contributed by atoms with Gasteiger partial charge in [-0.15, -0.1) is 0 Å². The Hall–Kier alpha value is -2.54. The first kappa shape index (κ1) is 17.8. The fourth-order valence-corrected chi connectivity index (χ4v) is 2.28.